The molecule has 1 aromatic carbocycles. The number of benzene rings is 1. The second kappa shape index (κ2) is 6.51. The molecule has 2 rings (SSSR count). The first kappa shape index (κ1) is 15.2. The van der Waals surface area contributed by atoms with Gasteiger partial charge in [0.05, 0.1) is 18.9 Å². The summed E-state index contributed by atoms with van der Waals surface area (Å²) in [6.07, 6.45) is 0. The molecular weight excluding hydrogens is 284 g/mol. The van der Waals surface area contributed by atoms with E-state index in [2.05, 4.69) is 11.1 Å². The molecule has 0 saturated carbocycles. The average Bonchev–Trinajstić information content (AvgIpc) is 2.97. The Morgan fingerprint density at radius 3 is 2.52 bits per heavy atom. The van der Waals surface area contributed by atoms with Crippen LogP contribution in [0.2, 0.25) is 0 Å². The summed E-state index contributed by atoms with van der Waals surface area (Å²) in [5.74, 6) is -0.266. The normalized spacial score (nSPS) is 12.0. The van der Waals surface area contributed by atoms with Gasteiger partial charge >= 0.3 is 0 Å². The third kappa shape index (κ3) is 3.29. The molecule has 0 radical (unpaired) electrons. The zero-order chi connectivity index (χ0) is 15.4. The van der Waals surface area contributed by atoms with E-state index >= 15 is 0 Å². The summed E-state index contributed by atoms with van der Waals surface area (Å²) in [7, 11) is 1.62. The number of nitrogens with zero attached hydrogens (tertiary/aromatic N) is 2. The number of ketones is 1. The van der Waals surface area contributed by atoms with Crippen molar-refractivity contribution in [3.63, 3.8) is 0 Å². The smallest absolute Gasteiger partial charge is 0.159 e. The van der Waals surface area contributed by atoms with Crippen molar-refractivity contribution in [1.29, 1.82) is 5.26 Å². The summed E-state index contributed by atoms with van der Waals surface area (Å²) in [5.41, 5.74) is 1.71. The summed E-state index contributed by atoms with van der Waals surface area (Å²) in [6, 6.07) is 9.59. The molecule has 0 saturated heterocycles. The molecule has 0 aliphatic rings. The van der Waals surface area contributed by atoms with E-state index in [-0.39, 0.29) is 11.7 Å². The quantitative estimate of drug-likeness (QED) is 0.845. The van der Waals surface area contributed by atoms with Crippen LogP contribution in [-0.2, 0) is 4.79 Å². The molecular formula is C16H16N2O2S. The molecule has 1 aromatic heterocycles. The fourth-order valence-corrected chi connectivity index (χ4v) is 2.77. The van der Waals surface area contributed by atoms with Crippen molar-refractivity contribution < 1.29 is 9.53 Å². The van der Waals surface area contributed by atoms with Crippen molar-refractivity contribution >= 4 is 17.1 Å². The van der Waals surface area contributed by atoms with Crippen LogP contribution in [0.15, 0.2) is 29.6 Å². The van der Waals surface area contributed by atoms with Crippen LogP contribution >= 0.6 is 11.3 Å². The number of carbonyl (C=O) groups is 1. The highest BCUT2D eigenvalue weighted by Crippen LogP contribution is 2.29. The molecule has 0 bridgehead atoms. The van der Waals surface area contributed by atoms with Crippen molar-refractivity contribution in [2.24, 2.45) is 5.92 Å². The number of hydrogen-bond acceptors (Lipinski definition) is 5. The molecule has 1 atom stereocenters. The summed E-state index contributed by atoms with van der Waals surface area (Å²) in [5, 5.41) is 11.7. The Morgan fingerprint density at radius 1 is 1.33 bits per heavy atom. The van der Waals surface area contributed by atoms with Crippen LogP contribution in [0.4, 0.5) is 0 Å². The number of carbonyl (C=O) groups excluding carboxylic acids is 1. The Hall–Kier alpha value is -2.19. The van der Waals surface area contributed by atoms with Gasteiger partial charge in [-0.1, -0.05) is 13.8 Å². The molecule has 2 aromatic rings. The van der Waals surface area contributed by atoms with E-state index in [1.54, 1.807) is 21.0 Å². The molecule has 4 nitrogen and oxygen atoms in total. The van der Waals surface area contributed by atoms with E-state index in [1.165, 1.54) is 11.3 Å². The first-order valence-corrected chi connectivity index (χ1v) is 7.48. The van der Waals surface area contributed by atoms with Gasteiger partial charge in [0.2, 0.25) is 0 Å². The first-order chi connectivity index (χ1) is 10.1. The fraction of sp³-hybridized carbons (Fsp3) is 0.312. The lowest BCUT2D eigenvalue weighted by Crippen LogP contribution is -2.16. The Morgan fingerprint density at radius 2 is 2.00 bits per heavy atom. The number of nitriles is 1. The molecule has 0 amide bonds. The average molecular weight is 300 g/mol. The largest absolute Gasteiger partial charge is 0.497 e. The highest BCUT2D eigenvalue weighted by Gasteiger charge is 2.25. The molecule has 0 aliphatic carbocycles. The standard InChI is InChI=1S/C16H16N2O2S/c1-10(2)15(19)13(8-17)16-18-14(9-21-16)11-4-6-12(20-3)7-5-11/h4-7,9-10,13H,1-3H3/t13-/m0/s1. The molecule has 0 fully saturated rings. The maximum absolute atomic E-state index is 12.0. The number of rotatable bonds is 5. The molecule has 0 aliphatic heterocycles. The number of methoxy groups -OCH3 is 1. The second-order valence-corrected chi connectivity index (χ2v) is 5.81. The minimum absolute atomic E-state index is 0.0897. The number of hydrogen-bond donors (Lipinski definition) is 0. The fourth-order valence-electron chi connectivity index (χ4n) is 1.89. The van der Waals surface area contributed by atoms with Crippen LogP contribution in [0.1, 0.15) is 24.8 Å². The van der Waals surface area contributed by atoms with Crippen LogP contribution in [0.3, 0.4) is 0 Å². The maximum Gasteiger partial charge on any atom is 0.159 e. The monoisotopic (exact) mass is 300 g/mol. The van der Waals surface area contributed by atoms with E-state index in [4.69, 9.17) is 4.74 Å². The van der Waals surface area contributed by atoms with Crippen molar-refractivity contribution in [3.05, 3.63) is 34.7 Å². The number of ether oxygens (including phenoxy) is 1. The van der Waals surface area contributed by atoms with Crippen LogP contribution in [-0.4, -0.2) is 17.9 Å². The molecule has 1 heterocycles. The van der Waals surface area contributed by atoms with Gasteiger partial charge in [-0.15, -0.1) is 11.3 Å². The van der Waals surface area contributed by atoms with Crippen molar-refractivity contribution in [2.75, 3.05) is 7.11 Å². The zero-order valence-corrected chi connectivity index (χ0v) is 13.0. The van der Waals surface area contributed by atoms with Gasteiger partial charge in [0, 0.05) is 16.9 Å². The highest BCUT2D eigenvalue weighted by molar-refractivity contribution is 7.10. The van der Waals surface area contributed by atoms with Crippen LogP contribution in [0.25, 0.3) is 11.3 Å². The predicted molar refractivity (Wildman–Crippen MR) is 82.3 cm³/mol. The summed E-state index contributed by atoms with van der Waals surface area (Å²) in [4.78, 5) is 16.5. The van der Waals surface area contributed by atoms with Crippen LogP contribution in [0, 0.1) is 17.2 Å². The van der Waals surface area contributed by atoms with Crippen molar-refractivity contribution in [1.82, 2.24) is 4.98 Å². The molecule has 21 heavy (non-hydrogen) atoms. The van der Waals surface area contributed by atoms with Gasteiger partial charge in [0.1, 0.15) is 10.8 Å². The van der Waals surface area contributed by atoms with Gasteiger partial charge in [-0.2, -0.15) is 5.26 Å². The van der Waals surface area contributed by atoms with E-state index in [0.717, 1.165) is 17.0 Å². The summed E-state index contributed by atoms with van der Waals surface area (Å²) in [6.45, 7) is 3.59. The van der Waals surface area contributed by atoms with Crippen LogP contribution < -0.4 is 4.74 Å². The van der Waals surface area contributed by atoms with E-state index in [1.807, 2.05) is 29.6 Å². The van der Waals surface area contributed by atoms with Crippen LogP contribution in [0.5, 0.6) is 5.75 Å². The zero-order valence-electron chi connectivity index (χ0n) is 12.2. The minimum atomic E-state index is -0.776. The molecule has 0 unspecified atom stereocenters. The SMILES string of the molecule is COc1ccc(-c2csc([C@@H](C#N)C(=O)C(C)C)n2)cc1. The molecule has 5 heteroatoms. The lowest BCUT2D eigenvalue weighted by Gasteiger charge is -2.07. The molecule has 0 N–H and O–H groups in total. The maximum atomic E-state index is 12.0. The van der Waals surface area contributed by atoms with Gasteiger partial charge in [-0.25, -0.2) is 4.98 Å². The van der Waals surface area contributed by atoms with Crippen molar-refractivity contribution in [3.8, 4) is 23.1 Å². The molecule has 0 spiro atoms. The number of aromatic nitrogens is 1. The summed E-state index contributed by atoms with van der Waals surface area (Å²) < 4.78 is 5.12. The highest BCUT2D eigenvalue weighted by atomic mass is 32.1. The Bertz CT molecular complexity index is 668. The third-order valence-corrected chi connectivity index (χ3v) is 4.05. The number of thiazole rings is 1. The first-order valence-electron chi connectivity index (χ1n) is 6.60. The number of Topliss-reactive ketones (excluding diaryl/α,β-unsaturated/α-hetero) is 1. The van der Waals surface area contributed by atoms with E-state index in [9.17, 15) is 10.1 Å². The van der Waals surface area contributed by atoms with Crippen molar-refractivity contribution in [2.45, 2.75) is 19.8 Å². The predicted octanol–water partition coefficient (Wildman–Crippen LogP) is 3.65. The Kier molecular flexibility index (Phi) is 4.71. The lowest BCUT2D eigenvalue weighted by molar-refractivity contribution is -0.122. The van der Waals surface area contributed by atoms with Gasteiger partial charge in [0.25, 0.3) is 0 Å². The summed E-state index contributed by atoms with van der Waals surface area (Å²) >= 11 is 1.35. The van der Waals surface area contributed by atoms with E-state index < -0.39 is 5.92 Å². The third-order valence-electron chi connectivity index (χ3n) is 3.14. The topological polar surface area (TPSA) is 63.0 Å². The Labute approximate surface area is 128 Å². The van der Waals surface area contributed by atoms with E-state index in [0.29, 0.717) is 5.01 Å². The minimum Gasteiger partial charge on any atom is -0.497 e. The van der Waals surface area contributed by atoms with Gasteiger partial charge < -0.3 is 4.74 Å². The lowest BCUT2D eigenvalue weighted by atomic mass is 9.97. The van der Waals surface area contributed by atoms with Gasteiger partial charge in [-0.05, 0) is 24.3 Å². The van der Waals surface area contributed by atoms with Gasteiger partial charge in [-0.3, -0.25) is 4.79 Å². The molecule has 108 valence electrons. The second-order valence-electron chi connectivity index (χ2n) is 4.92. The Balaban J connectivity index is 2.28. The van der Waals surface area contributed by atoms with Gasteiger partial charge in [0.15, 0.2) is 11.7 Å².